The zero-order valence-corrected chi connectivity index (χ0v) is 44.7. The molecule has 1 unspecified atom stereocenters. The van der Waals surface area contributed by atoms with Gasteiger partial charge in [0.15, 0.2) is 6.10 Å². The van der Waals surface area contributed by atoms with E-state index in [1.165, 1.54) is 225 Å². The Labute approximate surface area is 412 Å². The van der Waals surface area contributed by atoms with Crippen molar-refractivity contribution in [3.05, 3.63) is 0 Å². The van der Waals surface area contributed by atoms with E-state index in [-0.39, 0.29) is 19.4 Å². The highest BCUT2D eigenvalue weighted by molar-refractivity contribution is 7.47. The van der Waals surface area contributed by atoms with E-state index in [0.717, 1.165) is 38.5 Å². The standard InChI is InChI=1S/C55H108NO10P/c1-3-5-7-9-11-13-15-17-19-21-23-25-27-28-30-32-34-36-38-40-42-44-46-53(57)63-48-51(49-64-67(61,62)65-50-52(56)55(59)60)66-54(58)47-45-43-41-39-37-35-33-31-29-26-24-22-20-18-16-14-12-10-8-6-4-2/h51-52H,3-50,56H2,1-2H3,(H,59,60)(H,61,62)/t51-,52+/m1/s1. The quantitative estimate of drug-likeness (QED) is 0.0301. The molecule has 0 saturated heterocycles. The topological polar surface area (TPSA) is 172 Å². The monoisotopic (exact) mass is 974 g/mol. The first-order valence-electron chi connectivity index (χ1n) is 28.6. The Morgan fingerprint density at radius 1 is 0.403 bits per heavy atom. The van der Waals surface area contributed by atoms with E-state index in [9.17, 15) is 23.8 Å². The van der Waals surface area contributed by atoms with E-state index in [4.69, 9.17) is 29.4 Å². The third kappa shape index (κ3) is 50.7. The van der Waals surface area contributed by atoms with Gasteiger partial charge in [-0.25, -0.2) is 4.57 Å². The maximum Gasteiger partial charge on any atom is 0.472 e. The predicted octanol–water partition coefficient (Wildman–Crippen LogP) is 16.6. The lowest BCUT2D eigenvalue weighted by atomic mass is 10.0. The Morgan fingerprint density at radius 3 is 0.940 bits per heavy atom. The van der Waals surface area contributed by atoms with Crippen molar-refractivity contribution in [3.8, 4) is 0 Å². The largest absolute Gasteiger partial charge is 0.480 e. The summed E-state index contributed by atoms with van der Waals surface area (Å²) in [7, 11) is -4.72. The zero-order chi connectivity index (χ0) is 49.2. The summed E-state index contributed by atoms with van der Waals surface area (Å²) < 4.78 is 33.0. The number of aliphatic carboxylic acids is 1. The van der Waals surface area contributed by atoms with E-state index < -0.39 is 51.1 Å². The molecule has 11 nitrogen and oxygen atoms in total. The van der Waals surface area contributed by atoms with Crippen molar-refractivity contribution in [2.24, 2.45) is 5.73 Å². The Bertz CT molecular complexity index is 1140. The fraction of sp³-hybridized carbons (Fsp3) is 0.945. The summed E-state index contributed by atoms with van der Waals surface area (Å²) in [5.74, 6) is -2.34. The molecule has 0 rings (SSSR count). The van der Waals surface area contributed by atoms with Gasteiger partial charge in [-0.2, -0.15) is 0 Å². The highest BCUT2D eigenvalue weighted by Gasteiger charge is 2.28. The molecule has 0 aromatic rings. The molecule has 0 amide bonds. The van der Waals surface area contributed by atoms with Crippen molar-refractivity contribution in [2.45, 2.75) is 315 Å². The maximum atomic E-state index is 12.7. The second kappa shape index (κ2) is 50.9. The minimum Gasteiger partial charge on any atom is -0.480 e. The Morgan fingerprint density at radius 2 is 0.657 bits per heavy atom. The number of carbonyl (C=O) groups is 3. The number of esters is 2. The fourth-order valence-corrected chi connectivity index (χ4v) is 9.44. The third-order valence-corrected chi connectivity index (χ3v) is 14.1. The summed E-state index contributed by atoms with van der Waals surface area (Å²) >= 11 is 0. The molecule has 0 aliphatic rings. The van der Waals surface area contributed by atoms with Gasteiger partial charge in [-0.1, -0.05) is 277 Å². The number of carboxylic acids is 1. The van der Waals surface area contributed by atoms with Gasteiger partial charge in [0.1, 0.15) is 12.6 Å². The molecule has 0 heterocycles. The fourth-order valence-electron chi connectivity index (χ4n) is 8.66. The van der Waals surface area contributed by atoms with Crippen LogP contribution in [0, 0.1) is 0 Å². The summed E-state index contributed by atoms with van der Waals surface area (Å²) in [5, 5.41) is 8.94. The second-order valence-corrected chi connectivity index (χ2v) is 21.2. The van der Waals surface area contributed by atoms with Crippen molar-refractivity contribution in [2.75, 3.05) is 19.8 Å². The first-order chi connectivity index (χ1) is 32.6. The molecule has 4 N–H and O–H groups in total. The molecule has 3 atom stereocenters. The van der Waals surface area contributed by atoms with Gasteiger partial charge in [0.25, 0.3) is 0 Å². The van der Waals surface area contributed by atoms with Crippen LogP contribution in [0.25, 0.3) is 0 Å². The number of ether oxygens (including phenoxy) is 2. The molecule has 0 spiro atoms. The van der Waals surface area contributed by atoms with Crippen LogP contribution >= 0.6 is 7.82 Å². The number of carbonyl (C=O) groups excluding carboxylic acids is 2. The van der Waals surface area contributed by atoms with Crippen LogP contribution in [-0.4, -0.2) is 59.9 Å². The molecule has 12 heteroatoms. The Balaban J connectivity index is 4.11. The van der Waals surface area contributed by atoms with E-state index in [2.05, 4.69) is 13.8 Å². The van der Waals surface area contributed by atoms with Crippen molar-refractivity contribution < 1.29 is 47.5 Å². The first-order valence-corrected chi connectivity index (χ1v) is 30.1. The van der Waals surface area contributed by atoms with Crippen LogP contribution in [0.4, 0.5) is 0 Å². The maximum absolute atomic E-state index is 12.7. The van der Waals surface area contributed by atoms with Gasteiger partial charge >= 0.3 is 25.7 Å². The predicted molar refractivity (Wildman–Crippen MR) is 277 cm³/mol. The van der Waals surface area contributed by atoms with Gasteiger partial charge < -0.3 is 25.2 Å². The number of phosphoric acid groups is 1. The summed E-state index contributed by atoms with van der Waals surface area (Å²) in [5.41, 5.74) is 5.37. The lowest BCUT2D eigenvalue weighted by Gasteiger charge is -2.20. The molecule has 67 heavy (non-hydrogen) atoms. The van der Waals surface area contributed by atoms with E-state index in [1.54, 1.807) is 0 Å². The van der Waals surface area contributed by atoms with E-state index in [0.29, 0.717) is 12.8 Å². The van der Waals surface area contributed by atoms with Crippen LogP contribution in [0.15, 0.2) is 0 Å². The highest BCUT2D eigenvalue weighted by Crippen LogP contribution is 2.43. The van der Waals surface area contributed by atoms with Crippen molar-refractivity contribution in [1.29, 1.82) is 0 Å². The highest BCUT2D eigenvalue weighted by atomic mass is 31.2. The average Bonchev–Trinajstić information content (AvgIpc) is 3.31. The van der Waals surface area contributed by atoms with Crippen LogP contribution in [-0.2, 0) is 37.5 Å². The van der Waals surface area contributed by atoms with Crippen molar-refractivity contribution >= 4 is 25.7 Å². The molecule has 0 aliphatic carbocycles. The number of nitrogens with two attached hydrogens (primary N) is 1. The number of phosphoric ester groups is 1. The Hall–Kier alpha value is -1.52. The van der Waals surface area contributed by atoms with Crippen LogP contribution < -0.4 is 5.73 Å². The molecule has 0 bridgehead atoms. The molecule has 0 saturated carbocycles. The second-order valence-electron chi connectivity index (χ2n) is 19.8. The molecule has 0 aromatic heterocycles. The number of unbranched alkanes of at least 4 members (excludes halogenated alkanes) is 41. The molecule has 398 valence electrons. The van der Waals surface area contributed by atoms with Crippen molar-refractivity contribution in [1.82, 2.24) is 0 Å². The van der Waals surface area contributed by atoms with Gasteiger partial charge in [-0.3, -0.25) is 23.4 Å². The molecular formula is C55H108NO10P. The average molecular weight is 974 g/mol. The van der Waals surface area contributed by atoms with Crippen molar-refractivity contribution in [3.63, 3.8) is 0 Å². The SMILES string of the molecule is CCCCCCCCCCCCCCCCCCCCCCCCC(=O)OC[C@H](COP(=O)(O)OC[C@H](N)C(=O)O)OC(=O)CCCCCCCCCCCCCCCCCCCCCCC. The van der Waals surface area contributed by atoms with Crippen LogP contribution in [0.3, 0.4) is 0 Å². The third-order valence-electron chi connectivity index (χ3n) is 13.1. The van der Waals surface area contributed by atoms with E-state index in [1.807, 2.05) is 0 Å². The summed E-state index contributed by atoms with van der Waals surface area (Å²) in [6.07, 6.45) is 54.6. The Kier molecular flexibility index (Phi) is 49.7. The van der Waals surface area contributed by atoms with Gasteiger partial charge in [0.05, 0.1) is 13.2 Å². The molecule has 0 aromatic carbocycles. The summed E-state index contributed by atoms with van der Waals surface area (Å²) in [6.45, 7) is 2.89. The summed E-state index contributed by atoms with van der Waals surface area (Å²) in [4.78, 5) is 46.3. The van der Waals surface area contributed by atoms with Crippen LogP contribution in [0.2, 0.25) is 0 Å². The lowest BCUT2D eigenvalue weighted by Crippen LogP contribution is -2.34. The smallest absolute Gasteiger partial charge is 0.472 e. The number of hydrogen-bond donors (Lipinski definition) is 3. The van der Waals surface area contributed by atoms with Gasteiger partial charge in [0.2, 0.25) is 0 Å². The van der Waals surface area contributed by atoms with E-state index >= 15 is 0 Å². The lowest BCUT2D eigenvalue weighted by molar-refractivity contribution is -0.161. The first kappa shape index (κ1) is 65.5. The van der Waals surface area contributed by atoms with Gasteiger partial charge in [-0.15, -0.1) is 0 Å². The number of hydrogen-bond acceptors (Lipinski definition) is 9. The molecule has 0 fully saturated rings. The normalized spacial score (nSPS) is 13.4. The zero-order valence-electron chi connectivity index (χ0n) is 43.8. The van der Waals surface area contributed by atoms with Gasteiger partial charge in [0, 0.05) is 12.8 Å². The minimum absolute atomic E-state index is 0.170. The van der Waals surface area contributed by atoms with Gasteiger partial charge in [-0.05, 0) is 12.8 Å². The minimum atomic E-state index is -4.72. The summed E-state index contributed by atoms with van der Waals surface area (Å²) in [6, 6.07) is -1.52. The number of carboxylic acid groups (broad SMARTS) is 1. The number of rotatable bonds is 55. The van der Waals surface area contributed by atoms with Crippen LogP contribution in [0.5, 0.6) is 0 Å². The molecule has 0 aliphatic heterocycles. The molecular weight excluding hydrogens is 866 g/mol. The van der Waals surface area contributed by atoms with Crippen LogP contribution in [0.1, 0.15) is 303 Å². The molecule has 0 radical (unpaired) electrons.